The van der Waals surface area contributed by atoms with Gasteiger partial charge in [0.2, 0.25) is 0 Å². The Labute approximate surface area is 217 Å². The van der Waals surface area contributed by atoms with Crippen molar-refractivity contribution in [1.29, 1.82) is 0 Å². The highest BCUT2D eigenvalue weighted by Crippen LogP contribution is 2.46. The van der Waals surface area contributed by atoms with Crippen LogP contribution in [0.4, 0.5) is 18.9 Å². The Balaban J connectivity index is 1.20. The van der Waals surface area contributed by atoms with Crippen molar-refractivity contribution in [1.82, 2.24) is 5.16 Å². The molecule has 3 aromatic rings. The van der Waals surface area contributed by atoms with Crippen LogP contribution >= 0.6 is 0 Å². The fraction of sp³-hybridized carbons (Fsp3) is 0.429. The summed E-state index contributed by atoms with van der Waals surface area (Å²) in [6.45, 7) is -2.74. The first-order valence-corrected chi connectivity index (χ1v) is 12.8. The largest absolute Gasteiger partial charge is 0.478 e. The van der Waals surface area contributed by atoms with Gasteiger partial charge in [-0.25, -0.2) is 9.18 Å². The zero-order valence-electron chi connectivity index (χ0n) is 20.5. The van der Waals surface area contributed by atoms with Crippen molar-refractivity contribution in [3.8, 4) is 17.0 Å². The van der Waals surface area contributed by atoms with Crippen LogP contribution in [0.3, 0.4) is 0 Å². The van der Waals surface area contributed by atoms with Crippen LogP contribution in [0.25, 0.3) is 11.3 Å². The van der Waals surface area contributed by atoms with Crippen LogP contribution in [-0.2, 0) is 11.3 Å². The number of halogens is 3. The third kappa shape index (κ3) is 4.73. The Morgan fingerprint density at radius 1 is 1.11 bits per heavy atom. The van der Waals surface area contributed by atoms with Crippen molar-refractivity contribution in [2.45, 2.75) is 75.8 Å². The lowest BCUT2D eigenvalue weighted by Crippen LogP contribution is -2.46. The topological polar surface area (TPSA) is 85.0 Å². The van der Waals surface area contributed by atoms with Crippen molar-refractivity contribution in [2.75, 3.05) is 4.90 Å². The minimum atomic E-state index is -2.96. The molecule has 1 aromatic heterocycles. The first-order chi connectivity index (χ1) is 18.4. The van der Waals surface area contributed by atoms with Gasteiger partial charge >= 0.3 is 12.6 Å². The lowest BCUT2D eigenvalue weighted by Gasteiger charge is -2.40. The van der Waals surface area contributed by atoms with E-state index in [2.05, 4.69) is 10.1 Å². The Kier molecular flexibility index (Phi) is 6.51. The lowest BCUT2D eigenvalue weighted by atomic mass is 9.98. The number of aromatic nitrogens is 1. The average molecular weight is 529 g/mol. The third-order valence-corrected chi connectivity index (χ3v) is 7.75. The number of carbonyl (C=O) groups is 1. The molecule has 1 N–H and O–H groups in total. The van der Waals surface area contributed by atoms with Gasteiger partial charge in [0.1, 0.15) is 23.0 Å². The van der Waals surface area contributed by atoms with Crippen molar-refractivity contribution in [3.05, 3.63) is 65.2 Å². The standard InChI is InChI=1S/C28H27F3N2O5/c29-22-11-16(27(34)35)7-10-23(22)33-17-8-9-18(33)13-19(12-17)36-14-21-25(32-38-26(21)15-5-6-15)20-3-1-2-4-24(20)37-28(30)31/h1-4,7,10-11,15,17-19,28H,5-6,8-9,12-14H2,(H,34,35). The number of hydrogen-bond acceptors (Lipinski definition) is 6. The molecule has 0 radical (unpaired) electrons. The molecule has 3 heterocycles. The minimum absolute atomic E-state index is 0.0293. The molecule has 6 rings (SSSR count). The number of piperidine rings is 1. The van der Waals surface area contributed by atoms with Gasteiger partial charge in [0.25, 0.3) is 0 Å². The Morgan fingerprint density at radius 3 is 2.50 bits per heavy atom. The summed E-state index contributed by atoms with van der Waals surface area (Å²) in [6, 6.07) is 10.7. The number of benzene rings is 2. The second kappa shape index (κ2) is 9.98. The van der Waals surface area contributed by atoms with Gasteiger partial charge in [-0.15, -0.1) is 0 Å². The van der Waals surface area contributed by atoms with Crippen molar-refractivity contribution < 1.29 is 37.1 Å². The van der Waals surface area contributed by atoms with E-state index >= 15 is 0 Å². The molecule has 2 aromatic carbocycles. The summed E-state index contributed by atoms with van der Waals surface area (Å²) < 4.78 is 57.7. The second-order valence-corrected chi connectivity index (χ2v) is 10.2. The van der Waals surface area contributed by atoms with Crippen LogP contribution < -0.4 is 9.64 Å². The predicted octanol–water partition coefficient (Wildman–Crippen LogP) is 6.37. The van der Waals surface area contributed by atoms with Gasteiger partial charge in [0.15, 0.2) is 0 Å². The highest BCUT2D eigenvalue weighted by Gasteiger charge is 2.42. The SMILES string of the molecule is O=C(O)c1ccc(N2C3CCC2CC(OCc2c(-c4ccccc4OC(F)F)noc2C2CC2)C3)c(F)c1. The molecule has 0 amide bonds. The molecular weight excluding hydrogens is 501 g/mol. The number of rotatable bonds is 9. The first kappa shape index (κ1) is 24.8. The minimum Gasteiger partial charge on any atom is -0.478 e. The predicted molar refractivity (Wildman–Crippen MR) is 131 cm³/mol. The Hall–Kier alpha value is -3.53. The zero-order chi connectivity index (χ0) is 26.4. The molecule has 10 heteroatoms. The van der Waals surface area contributed by atoms with Crippen LogP contribution in [0.15, 0.2) is 47.0 Å². The summed E-state index contributed by atoms with van der Waals surface area (Å²) in [5, 5.41) is 13.4. The van der Waals surface area contributed by atoms with Gasteiger partial charge < -0.3 is 24.0 Å². The summed E-state index contributed by atoms with van der Waals surface area (Å²) in [7, 11) is 0. The molecule has 2 bridgehead atoms. The van der Waals surface area contributed by atoms with Gasteiger partial charge in [0, 0.05) is 29.1 Å². The molecule has 1 saturated carbocycles. The van der Waals surface area contributed by atoms with Gasteiger partial charge in [0.05, 0.1) is 24.0 Å². The van der Waals surface area contributed by atoms with Crippen LogP contribution in [0.1, 0.15) is 66.1 Å². The average Bonchev–Trinajstić information content (AvgIpc) is 3.59. The lowest BCUT2D eigenvalue weighted by molar-refractivity contribution is -0.0494. The smallest absolute Gasteiger partial charge is 0.387 e. The van der Waals surface area contributed by atoms with E-state index in [1.54, 1.807) is 24.3 Å². The van der Waals surface area contributed by atoms with E-state index in [1.165, 1.54) is 12.1 Å². The number of aromatic carboxylic acids is 1. The molecule has 7 nitrogen and oxygen atoms in total. The first-order valence-electron chi connectivity index (χ1n) is 12.8. The van der Waals surface area contributed by atoms with Gasteiger partial charge in [-0.3, -0.25) is 0 Å². The van der Waals surface area contributed by atoms with Gasteiger partial charge in [-0.2, -0.15) is 8.78 Å². The van der Waals surface area contributed by atoms with Crippen molar-refractivity contribution in [3.63, 3.8) is 0 Å². The molecule has 38 heavy (non-hydrogen) atoms. The quantitative estimate of drug-likeness (QED) is 0.345. The van der Waals surface area contributed by atoms with Gasteiger partial charge in [-0.05, 0) is 68.9 Å². The van der Waals surface area contributed by atoms with E-state index in [-0.39, 0.29) is 42.0 Å². The Bertz CT molecular complexity index is 1330. The number of para-hydroxylation sites is 1. The molecule has 1 aliphatic carbocycles. The number of ether oxygens (including phenoxy) is 2. The molecule has 2 saturated heterocycles. The highest BCUT2D eigenvalue weighted by atomic mass is 19.3. The number of carboxylic acid groups (broad SMARTS) is 1. The maximum atomic E-state index is 14.8. The Morgan fingerprint density at radius 2 is 1.84 bits per heavy atom. The van der Waals surface area contributed by atoms with E-state index in [9.17, 15) is 18.0 Å². The van der Waals surface area contributed by atoms with Crippen LogP contribution in [0, 0.1) is 5.82 Å². The highest BCUT2D eigenvalue weighted by molar-refractivity contribution is 5.88. The van der Waals surface area contributed by atoms with E-state index in [0.717, 1.165) is 43.1 Å². The number of nitrogens with zero attached hydrogens (tertiary/aromatic N) is 2. The molecule has 2 aliphatic heterocycles. The summed E-state index contributed by atoms with van der Waals surface area (Å²) in [4.78, 5) is 13.3. The number of anilines is 1. The van der Waals surface area contributed by atoms with E-state index in [0.29, 0.717) is 29.8 Å². The fourth-order valence-electron chi connectivity index (χ4n) is 5.91. The van der Waals surface area contributed by atoms with E-state index in [1.807, 2.05) is 0 Å². The third-order valence-electron chi connectivity index (χ3n) is 7.75. The van der Waals surface area contributed by atoms with Crippen LogP contribution in [-0.4, -0.2) is 41.0 Å². The van der Waals surface area contributed by atoms with Crippen LogP contribution in [0.2, 0.25) is 0 Å². The number of hydrogen-bond donors (Lipinski definition) is 1. The molecule has 0 spiro atoms. The summed E-state index contributed by atoms with van der Waals surface area (Å²) in [6.07, 6.45) is 5.07. The number of carboxylic acids is 1. The van der Waals surface area contributed by atoms with Crippen LogP contribution in [0.5, 0.6) is 5.75 Å². The van der Waals surface area contributed by atoms with Gasteiger partial charge in [-0.1, -0.05) is 17.3 Å². The fourth-order valence-corrected chi connectivity index (χ4v) is 5.91. The summed E-state index contributed by atoms with van der Waals surface area (Å²) in [5.74, 6) is -0.691. The summed E-state index contributed by atoms with van der Waals surface area (Å²) in [5.41, 5.74) is 1.98. The molecule has 2 atom stereocenters. The maximum Gasteiger partial charge on any atom is 0.387 e. The van der Waals surface area contributed by atoms with E-state index < -0.39 is 18.4 Å². The number of alkyl halides is 2. The molecule has 3 aliphatic rings. The summed E-state index contributed by atoms with van der Waals surface area (Å²) >= 11 is 0. The second-order valence-electron chi connectivity index (χ2n) is 10.2. The molecule has 200 valence electrons. The normalized spacial score (nSPS) is 22.7. The monoisotopic (exact) mass is 528 g/mol. The molecule has 3 fully saturated rings. The number of fused-ring (bicyclic) bond motifs is 2. The molecular formula is C28H27F3N2O5. The van der Waals surface area contributed by atoms with Crippen molar-refractivity contribution in [2.24, 2.45) is 0 Å². The van der Waals surface area contributed by atoms with E-state index in [4.69, 9.17) is 19.1 Å². The molecule has 2 unspecified atom stereocenters. The maximum absolute atomic E-state index is 14.8. The van der Waals surface area contributed by atoms with Crippen molar-refractivity contribution >= 4 is 11.7 Å². The zero-order valence-corrected chi connectivity index (χ0v) is 20.5.